The van der Waals surface area contributed by atoms with E-state index in [-0.39, 0.29) is 60.8 Å². The third-order valence-electron chi connectivity index (χ3n) is 11.5. The molecule has 4 rings (SSSR count). The SMILES string of the molecule is CC(CO)CCC[C@@H](C)[C@H]1[C@@H](O)[C@@H](O)[C@@H]2[C@]1(C)CC[C@H]1[C@@]2(O)[C@H](O)[C@H](OS(=O)(=O)[O-])C2[C@@H](O)[C@@H](O)CC[C@@]21C.[Na+]. The molecule has 2 unspecified atom stereocenters. The van der Waals surface area contributed by atoms with Gasteiger partial charge in [-0.25, -0.2) is 8.42 Å². The molecule has 0 aromatic heterocycles. The molecule has 0 saturated heterocycles. The van der Waals surface area contributed by atoms with Crippen LogP contribution in [0.2, 0.25) is 0 Å². The zero-order valence-electron chi connectivity index (χ0n) is 24.3. The van der Waals surface area contributed by atoms with Gasteiger partial charge in [0.1, 0.15) is 17.8 Å². The van der Waals surface area contributed by atoms with Gasteiger partial charge in [-0.1, -0.05) is 40.5 Å². The fraction of sp³-hybridized carbons (Fsp3) is 1.00. The van der Waals surface area contributed by atoms with Crippen LogP contribution in [0.3, 0.4) is 0 Å². The summed E-state index contributed by atoms with van der Waals surface area (Å²) in [5, 5.41) is 77.8. The van der Waals surface area contributed by atoms with E-state index in [0.29, 0.717) is 12.8 Å². The molecule has 4 fully saturated rings. The summed E-state index contributed by atoms with van der Waals surface area (Å²) in [6.45, 7) is 7.64. The van der Waals surface area contributed by atoms with Crippen LogP contribution in [0.1, 0.15) is 72.6 Å². The molecule has 4 aliphatic carbocycles. The van der Waals surface area contributed by atoms with Gasteiger partial charge in [0, 0.05) is 18.4 Å². The molecule has 0 spiro atoms. The summed E-state index contributed by atoms with van der Waals surface area (Å²) in [6, 6.07) is 0. The number of aliphatic hydroxyl groups excluding tert-OH is 6. The Morgan fingerprint density at radius 3 is 2.12 bits per heavy atom. The van der Waals surface area contributed by atoms with E-state index in [1.165, 1.54) is 0 Å². The molecule has 7 N–H and O–H groups in total. The molecule has 0 aromatic carbocycles. The van der Waals surface area contributed by atoms with Crippen LogP contribution < -0.4 is 29.6 Å². The molecule has 0 heterocycles. The Balaban J connectivity index is 0.00000441. The Bertz CT molecular complexity index is 1000. The molecule has 15 atom stereocenters. The first-order valence-electron chi connectivity index (χ1n) is 14.3. The Kier molecular flexibility index (Phi) is 10.7. The quantitative estimate of drug-likeness (QED) is 0.0841. The second kappa shape index (κ2) is 12.2. The summed E-state index contributed by atoms with van der Waals surface area (Å²) in [7, 11) is -5.39. The van der Waals surface area contributed by atoms with Crippen molar-refractivity contribution in [1.82, 2.24) is 0 Å². The summed E-state index contributed by atoms with van der Waals surface area (Å²) in [6.07, 6.45) is -5.63. The van der Waals surface area contributed by atoms with Gasteiger partial charge in [0.25, 0.3) is 0 Å². The van der Waals surface area contributed by atoms with E-state index in [1.54, 1.807) is 6.92 Å². The van der Waals surface area contributed by atoms with Gasteiger partial charge in [-0.3, -0.25) is 4.18 Å². The third-order valence-corrected chi connectivity index (χ3v) is 12.0. The maximum absolute atomic E-state index is 12.5. The predicted molar refractivity (Wildman–Crippen MR) is 137 cm³/mol. The predicted octanol–water partition coefficient (Wildman–Crippen LogP) is -3.10. The van der Waals surface area contributed by atoms with Gasteiger partial charge in [-0.15, -0.1) is 0 Å². The van der Waals surface area contributed by atoms with E-state index in [9.17, 15) is 48.7 Å². The summed E-state index contributed by atoms with van der Waals surface area (Å²) in [5.74, 6) is -3.34. The van der Waals surface area contributed by atoms with Gasteiger partial charge >= 0.3 is 29.6 Å². The van der Waals surface area contributed by atoms with Gasteiger partial charge in [-0.05, 0) is 66.6 Å². The zero-order chi connectivity index (χ0) is 29.3. The minimum Gasteiger partial charge on any atom is -0.726 e. The van der Waals surface area contributed by atoms with Crippen molar-refractivity contribution in [2.75, 3.05) is 6.61 Å². The first-order chi connectivity index (χ1) is 17.9. The standard InChI is InChI=1S/C27H48O11S.Na/c1-13(12-28)6-5-7-14(2)17-20(31)21(32)23-26(17,4)11-9-16-25(3)10-8-15(29)19(30)18(25)22(38-39(35,36)37)24(33)27(16,23)34;/h13-24,28-34H,5-12H2,1-4H3,(H,35,36,37);/q;+1/p-1/t13?,14-,15+,16-,17+,18?,19+,20-,21-,22-,23-,24-,25-,26-,27+;/m1./s1. The van der Waals surface area contributed by atoms with Crippen LogP contribution in [0.15, 0.2) is 0 Å². The average molecular weight is 603 g/mol. The van der Waals surface area contributed by atoms with Crippen molar-refractivity contribution >= 4 is 10.4 Å². The van der Waals surface area contributed by atoms with Crippen LogP contribution in [0.4, 0.5) is 0 Å². The number of aliphatic hydroxyl groups is 7. The van der Waals surface area contributed by atoms with E-state index >= 15 is 0 Å². The van der Waals surface area contributed by atoms with Crippen molar-refractivity contribution < 1.29 is 82.5 Å². The Hall–Kier alpha value is 0.590. The third kappa shape index (κ3) is 5.50. The maximum atomic E-state index is 12.5. The van der Waals surface area contributed by atoms with Crippen molar-refractivity contribution in [3.05, 3.63) is 0 Å². The second-order valence-corrected chi connectivity index (χ2v) is 14.7. The molecular formula is C27H47NaO11S. The first kappa shape index (κ1) is 35.1. The topological polar surface area (TPSA) is 208 Å². The van der Waals surface area contributed by atoms with Crippen LogP contribution in [0.25, 0.3) is 0 Å². The Morgan fingerprint density at radius 1 is 0.950 bits per heavy atom. The molecular weight excluding hydrogens is 555 g/mol. The van der Waals surface area contributed by atoms with Crippen molar-refractivity contribution in [2.45, 2.75) is 115 Å². The molecule has 0 aromatic rings. The van der Waals surface area contributed by atoms with Crippen LogP contribution in [0.5, 0.6) is 0 Å². The molecule has 0 radical (unpaired) electrons. The molecule has 0 bridgehead atoms. The average Bonchev–Trinajstić information content (AvgIpc) is 3.04. The van der Waals surface area contributed by atoms with E-state index < -0.39 is 87.1 Å². The summed E-state index contributed by atoms with van der Waals surface area (Å²) in [4.78, 5) is 0. The van der Waals surface area contributed by atoms with Gasteiger partial charge < -0.3 is 40.3 Å². The normalized spacial score (nSPS) is 50.2. The molecule has 13 heteroatoms. The molecule has 0 aliphatic heterocycles. The summed E-state index contributed by atoms with van der Waals surface area (Å²) >= 11 is 0. The fourth-order valence-corrected chi connectivity index (χ4v) is 10.3. The van der Waals surface area contributed by atoms with E-state index in [1.807, 2.05) is 20.8 Å². The number of hydrogen-bond donors (Lipinski definition) is 7. The maximum Gasteiger partial charge on any atom is 1.00 e. The van der Waals surface area contributed by atoms with Crippen LogP contribution in [0, 0.1) is 46.3 Å². The summed E-state index contributed by atoms with van der Waals surface area (Å²) in [5.41, 5.74) is -4.03. The fourth-order valence-electron chi connectivity index (χ4n) is 9.83. The van der Waals surface area contributed by atoms with Gasteiger partial charge in [-0.2, -0.15) is 0 Å². The molecule has 4 aliphatic rings. The molecule has 11 nitrogen and oxygen atoms in total. The summed E-state index contributed by atoms with van der Waals surface area (Å²) < 4.78 is 40.2. The van der Waals surface area contributed by atoms with E-state index in [2.05, 4.69) is 0 Å². The Morgan fingerprint density at radius 2 is 1.55 bits per heavy atom. The van der Waals surface area contributed by atoms with Crippen LogP contribution >= 0.6 is 0 Å². The first-order valence-corrected chi connectivity index (χ1v) is 15.7. The van der Waals surface area contributed by atoms with Gasteiger partial charge in [0.05, 0.1) is 24.4 Å². The number of rotatable bonds is 8. The minimum absolute atomic E-state index is 0. The van der Waals surface area contributed by atoms with E-state index in [0.717, 1.165) is 19.3 Å². The number of hydrogen-bond acceptors (Lipinski definition) is 11. The van der Waals surface area contributed by atoms with Crippen molar-refractivity contribution in [1.29, 1.82) is 0 Å². The van der Waals surface area contributed by atoms with E-state index in [4.69, 9.17) is 4.18 Å². The number of fused-ring (bicyclic) bond motifs is 5. The minimum atomic E-state index is -5.39. The monoisotopic (exact) mass is 602 g/mol. The van der Waals surface area contributed by atoms with Crippen molar-refractivity contribution in [3.8, 4) is 0 Å². The van der Waals surface area contributed by atoms with Crippen molar-refractivity contribution in [2.24, 2.45) is 46.3 Å². The second-order valence-electron chi connectivity index (χ2n) is 13.7. The molecule has 228 valence electrons. The van der Waals surface area contributed by atoms with Crippen LogP contribution in [-0.4, -0.2) is 97.5 Å². The smallest absolute Gasteiger partial charge is 0.726 e. The molecule has 40 heavy (non-hydrogen) atoms. The zero-order valence-corrected chi connectivity index (χ0v) is 27.1. The largest absolute Gasteiger partial charge is 1.00 e. The Labute approximate surface area is 259 Å². The van der Waals surface area contributed by atoms with Gasteiger partial charge in [0.2, 0.25) is 10.4 Å². The molecule has 4 saturated carbocycles. The molecule has 0 amide bonds. The van der Waals surface area contributed by atoms with Crippen LogP contribution in [-0.2, 0) is 14.6 Å². The van der Waals surface area contributed by atoms with Crippen molar-refractivity contribution in [3.63, 3.8) is 0 Å². The van der Waals surface area contributed by atoms with Gasteiger partial charge in [0.15, 0.2) is 0 Å².